The van der Waals surface area contributed by atoms with Crippen LogP contribution in [-0.4, -0.2) is 11.5 Å². The minimum Gasteiger partial charge on any atom is -0.504 e. The lowest BCUT2D eigenvalue weighted by molar-refractivity contribution is -0.275. The number of aromatic hydroxyl groups is 1. The summed E-state index contributed by atoms with van der Waals surface area (Å²) >= 11 is 0. The molecule has 104 valence electrons. The topological polar surface area (TPSA) is 54.2 Å². The van der Waals surface area contributed by atoms with Crippen LogP contribution in [0.2, 0.25) is 0 Å². The van der Waals surface area contributed by atoms with E-state index in [0.717, 1.165) is 12.1 Å². The first-order chi connectivity index (χ1) is 9.44. The zero-order chi connectivity index (χ0) is 14.6. The van der Waals surface area contributed by atoms with Gasteiger partial charge in [0, 0.05) is 6.07 Å². The Morgan fingerprint density at radius 3 is 2.20 bits per heavy atom. The molecule has 0 aliphatic carbocycles. The number of phenolic OH excluding ortho intramolecular Hbond substituents is 1. The molecule has 1 N–H and O–H groups in total. The fourth-order valence-corrected chi connectivity index (χ4v) is 1.38. The van der Waals surface area contributed by atoms with E-state index in [0.29, 0.717) is 5.69 Å². The summed E-state index contributed by atoms with van der Waals surface area (Å²) in [5, 5.41) is 16.9. The van der Waals surface area contributed by atoms with Crippen molar-refractivity contribution in [3.63, 3.8) is 0 Å². The molecular weight excluding hydrogens is 273 g/mol. The van der Waals surface area contributed by atoms with Crippen LogP contribution in [0.25, 0.3) is 0 Å². The maximum Gasteiger partial charge on any atom is 0.573 e. The standard InChI is InChI=1S/C13H9F3N2O2/c14-13(15,16)20-12-8-10(6-7-11(12)19)18-17-9-4-2-1-3-5-9/h1-8,19H. The quantitative estimate of drug-likeness (QED) is 0.829. The lowest BCUT2D eigenvalue weighted by atomic mass is 10.3. The minimum atomic E-state index is -4.88. The first-order valence-corrected chi connectivity index (χ1v) is 5.49. The smallest absolute Gasteiger partial charge is 0.504 e. The SMILES string of the molecule is Oc1ccc(N=Nc2ccccc2)cc1OC(F)(F)F. The van der Waals surface area contributed by atoms with Crippen molar-refractivity contribution in [3.05, 3.63) is 48.5 Å². The van der Waals surface area contributed by atoms with Gasteiger partial charge in [0.25, 0.3) is 0 Å². The van der Waals surface area contributed by atoms with E-state index in [1.165, 1.54) is 6.07 Å². The van der Waals surface area contributed by atoms with Gasteiger partial charge < -0.3 is 9.84 Å². The molecule has 4 nitrogen and oxygen atoms in total. The number of benzene rings is 2. The second-order valence-electron chi connectivity index (χ2n) is 3.74. The van der Waals surface area contributed by atoms with Crippen molar-refractivity contribution in [2.75, 3.05) is 0 Å². The third-order valence-electron chi connectivity index (χ3n) is 2.21. The van der Waals surface area contributed by atoms with Gasteiger partial charge in [0.05, 0.1) is 11.4 Å². The zero-order valence-corrected chi connectivity index (χ0v) is 10.0. The van der Waals surface area contributed by atoms with Gasteiger partial charge in [0.1, 0.15) is 0 Å². The van der Waals surface area contributed by atoms with Crippen LogP contribution >= 0.6 is 0 Å². The van der Waals surface area contributed by atoms with Crippen molar-refractivity contribution in [3.8, 4) is 11.5 Å². The molecule has 0 saturated heterocycles. The summed E-state index contributed by atoms with van der Waals surface area (Å²) < 4.78 is 40.0. The molecule has 0 amide bonds. The fourth-order valence-electron chi connectivity index (χ4n) is 1.38. The number of phenols is 1. The van der Waals surface area contributed by atoms with Gasteiger partial charge in [-0.1, -0.05) is 18.2 Å². The van der Waals surface area contributed by atoms with Crippen LogP contribution in [0.4, 0.5) is 24.5 Å². The number of halogens is 3. The second kappa shape index (κ2) is 5.60. The Morgan fingerprint density at radius 1 is 0.900 bits per heavy atom. The van der Waals surface area contributed by atoms with E-state index in [2.05, 4.69) is 15.0 Å². The van der Waals surface area contributed by atoms with E-state index in [1.807, 2.05) is 0 Å². The maximum absolute atomic E-state index is 12.1. The van der Waals surface area contributed by atoms with Crippen LogP contribution in [0.1, 0.15) is 0 Å². The van der Waals surface area contributed by atoms with E-state index in [1.54, 1.807) is 30.3 Å². The predicted molar refractivity (Wildman–Crippen MR) is 65.4 cm³/mol. The summed E-state index contributed by atoms with van der Waals surface area (Å²) in [6.45, 7) is 0. The second-order valence-corrected chi connectivity index (χ2v) is 3.74. The first-order valence-electron chi connectivity index (χ1n) is 5.49. The van der Waals surface area contributed by atoms with Crippen LogP contribution in [0.5, 0.6) is 11.5 Å². The van der Waals surface area contributed by atoms with Gasteiger partial charge in [-0.25, -0.2) is 0 Å². The lowest BCUT2D eigenvalue weighted by Crippen LogP contribution is -2.17. The van der Waals surface area contributed by atoms with Gasteiger partial charge >= 0.3 is 6.36 Å². The number of hydrogen-bond acceptors (Lipinski definition) is 4. The fraction of sp³-hybridized carbons (Fsp3) is 0.0769. The molecule has 0 aliphatic heterocycles. The summed E-state index contributed by atoms with van der Waals surface area (Å²) in [5.41, 5.74) is 0.685. The van der Waals surface area contributed by atoms with Crippen molar-refractivity contribution in [2.24, 2.45) is 10.2 Å². The number of rotatable bonds is 3. The van der Waals surface area contributed by atoms with Crippen molar-refractivity contribution >= 4 is 11.4 Å². The van der Waals surface area contributed by atoms with Crippen LogP contribution in [0, 0.1) is 0 Å². The highest BCUT2D eigenvalue weighted by atomic mass is 19.4. The predicted octanol–water partition coefficient (Wildman–Crippen LogP) is 4.71. The highest BCUT2D eigenvalue weighted by molar-refractivity contribution is 5.51. The van der Waals surface area contributed by atoms with E-state index in [9.17, 15) is 18.3 Å². The molecule has 2 aromatic rings. The molecule has 0 spiro atoms. The summed E-state index contributed by atoms with van der Waals surface area (Å²) in [6.07, 6.45) is -4.88. The number of nitrogens with zero attached hydrogens (tertiary/aromatic N) is 2. The summed E-state index contributed by atoms with van der Waals surface area (Å²) in [7, 11) is 0. The van der Waals surface area contributed by atoms with Crippen LogP contribution < -0.4 is 4.74 Å². The Hall–Kier alpha value is -2.57. The maximum atomic E-state index is 12.1. The Balaban J connectivity index is 2.21. The van der Waals surface area contributed by atoms with Crippen LogP contribution in [0.15, 0.2) is 58.8 Å². The molecule has 0 radical (unpaired) electrons. The molecule has 0 bridgehead atoms. The zero-order valence-electron chi connectivity index (χ0n) is 10.0. The van der Waals surface area contributed by atoms with Gasteiger partial charge in [-0.2, -0.15) is 10.2 Å². The Labute approximate surface area is 112 Å². The third kappa shape index (κ3) is 3.98. The number of alkyl halides is 3. The molecular formula is C13H9F3N2O2. The van der Waals surface area contributed by atoms with Gasteiger partial charge in [0.2, 0.25) is 0 Å². The average Bonchev–Trinajstić information content (AvgIpc) is 2.39. The molecule has 20 heavy (non-hydrogen) atoms. The van der Waals surface area contributed by atoms with Crippen molar-refractivity contribution in [2.45, 2.75) is 6.36 Å². The molecule has 0 fully saturated rings. The molecule has 2 rings (SSSR count). The Morgan fingerprint density at radius 2 is 1.55 bits per heavy atom. The normalized spacial score (nSPS) is 11.8. The summed E-state index contributed by atoms with van der Waals surface area (Å²) in [4.78, 5) is 0. The minimum absolute atomic E-state index is 0.130. The molecule has 0 heterocycles. The molecule has 0 aliphatic rings. The van der Waals surface area contributed by atoms with Gasteiger partial charge in [-0.15, -0.1) is 13.2 Å². The number of ether oxygens (including phenoxy) is 1. The van der Waals surface area contributed by atoms with Crippen molar-refractivity contribution < 1.29 is 23.0 Å². The van der Waals surface area contributed by atoms with E-state index in [4.69, 9.17) is 0 Å². The third-order valence-corrected chi connectivity index (χ3v) is 2.21. The molecule has 0 aromatic heterocycles. The molecule has 7 heteroatoms. The molecule has 0 atom stereocenters. The Kier molecular flexibility index (Phi) is 3.88. The number of azo groups is 1. The van der Waals surface area contributed by atoms with Crippen LogP contribution in [0.3, 0.4) is 0 Å². The van der Waals surface area contributed by atoms with Gasteiger partial charge in [-0.3, -0.25) is 0 Å². The Bertz CT molecular complexity index is 613. The lowest BCUT2D eigenvalue weighted by Gasteiger charge is -2.10. The van der Waals surface area contributed by atoms with Crippen molar-refractivity contribution in [1.29, 1.82) is 0 Å². The van der Waals surface area contributed by atoms with Gasteiger partial charge in [-0.05, 0) is 24.3 Å². The van der Waals surface area contributed by atoms with E-state index >= 15 is 0 Å². The largest absolute Gasteiger partial charge is 0.573 e. The monoisotopic (exact) mass is 282 g/mol. The van der Waals surface area contributed by atoms with E-state index in [-0.39, 0.29) is 5.69 Å². The highest BCUT2D eigenvalue weighted by Crippen LogP contribution is 2.34. The first kappa shape index (κ1) is 13.9. The molecule has 0 saturated carbocycles. The molecule has 0 unspecified atom stereocenters. The number of hydrogen-bond donors (Lipinski definition) is 1. The van der Waals surface area contributed by atoms with Crippen LogP contribution in [-0.2, 0) is 0 Å². The highest BCUT2D eigenvalue weighted by Gasteiger charge is 2.32. The summed E-state index contributed by atoms with van der Waals surface area (Å²) in [6, 6.07) is 12.0. The van der Waals surface area contributed by atoms with Crippen molar-refractivity contribution in [1.82, 2.24) is 0 Å². The summed E-state index contributed by atoms with van der Waals surface area (Å²) in [5.74, 6) is -1.34. The molecule has 2 aromatic carbocycles. The average molecular weight is 282 g/mol. The van der Waals surface area contributed by atoms with E-state index < -0.39 is 17.9 Å². The van der Waals surface area contributed by atoms with Gasteiger partial charge in [0.15, 0.2) is 11.5 Å².